The average Bonchev–Trinajstić information content (AvgIpc) is 2.94. The average molecular weight is 390 g/mol. The SMILES string of the molecule is CCNC(=NCC(C(C)C)N1CCOCC1)NCCN1CCCS1(=O)=O. The van der Waals surface area contributed by atoms with Gasteiger partial charge in [0.05, 0.1) is 25.5 Å². The third kappa shape index (κ3) is 6.37. The zero-order valence-corrected chi connectivity index (χ0v) is 17.2. The Hall–Kier alpha value is -0.900. The van der Waals surface area contributed by atoms with Crippen LogP contribution in [-0.2, 0) is 14.8 Å². The molecule has 0 aromatic rings. The van der Waals surface area contributed by atoms with E-state index in [9.17, 15) is 8.42 Å². The molecular formula is C17H35N5O3S. The molecule has 2 saturated heterocycles. The van der Waals surface area contributed by atoms with Gasteiger partial charge in [-0.05, 0) is 19.3 Å². The molecule has 2 heterocycles. The van der Waals surface area contributed by atoms with Gasteiger partial charge < -0.3 is 15.4 Å². The standard InChI is InChI=1S/C17H35N5O3S/c1-4-18-17(19-6-8-22-7-5-13-26(22,23)24)20-14-16(15(2)3)21-9-11-25-12-10-21/h15-16H,4-14H2,1-3H3,(H2,18,19,20). The smallest absolute Gasteiger partial charge is 0.214 e. The van der Waals surface area contributed by atoms with Crippen molar-refractivity contribution in [1.82, 2.24) is 19.8 Å². The van der Waals surface area contributed by atoms with E-state index in [1.165, 1.54) is 0 Å². The maximum atomic E-state index is 11.9. The molecule has 0 aromatic carbocycles. The van der Waals surface area contributed by atoms with Gasteiger partial charge in [0.25, 0.3) is 0 Å². The summed E-state index contributed by atoms with van der Waals surface area (Å²) in [6.45, 7) is 13.2. The topological polar surface area (TPSA) is 86.3 Å². The van der Waals surface area contributed by atoms with Gasteiger partial charge in [0.2, 0.25) is 10.0 Å². The number of sulfonamides is 1. The van der Waals surface area contributed by atoms with Crippen LogP contribution in [0.5, 0.6) is 0 Å². The van der Waals surface area contributed by atoms with Crippen LogP contribution in [-0.4, -0.2) is 94.4 Å². The van der Waals surface area contributed by atoms with Crippen molar-refractivity contribution in [3.05, 3.63) is 0 Å². The van der Waals surface area contributed by atoms with Crippen molar-refractivity contribution in [2.45, 2.75) is 33.2 Å². The lowest BCUT2D eigenvalue weighted by Gasteiger charge is -2.36. The Labute approximate surface area is 158 Å². The molecule has 2 N–H and O–H groups in total. The lowest BCUT2D eigenvalue weighted by molar-refractivity contribution is 0.00867. The molecule has 1 atom stereocenters. The molecule has 0 amide bonds. The number of hydrogen-bond donors (Lipinski definition) is 2. The Morgan fingerprint density at radius 1 is 1.19 bits per heavy atom. The highest BCUT2D eigenvalue weighted by Gasteiger charge is 2.27. The van der Waals surface area contributed by atoms with E-state index in [-0.39, 0.29) is 5.75 Å². The van der Waals surface area contributed by atoms with E-state index in [4.69, 9.17) is 9.73 Å². The third-order valence-electron chi connectivity index (χ3n) is 4.92. The molecule has 0 saturated carbocycles. The number of ether oxygens (including phenoxy) is 1. The van der Waals surface area contributed by atoms with Gasteiger partial charge in [-0.2, -0.15) is 0 Å². The number of morpholine rings is 1. The molecule has 0 spiro atoms. The predicted molar refractivity (Wildman–Crippen MR) is 105 cm³/mol. The van der Waals surface area contributed by atoms with Crippen LogP contribution < -0.4 is 10.6 Å². The molecule has 26 heavy (non-hydrogen) atoms. The van der Waals surface area contributed by atoms with Crippen LogP contribution in [0.15, 0.2) is 4.99 Å². The van der Waals surface area contributed by atoms with E-state index in [0.29, 0.717) is 31.6 Å². The van der Waals surface area contributed by atoms with Crippen LogP contribution in [0.2, 0.25) is 0 Å². The van der Waals surface area contributed by atoms with Crippen molar-refractivity contribution in [3.63, 3.8) is 0 Å². The Kier molecular flexibility index (Phi) is 8.59. The van der Waals surface area contributed by atoms with Gasteiger partial charge in [-0.25, -0.2) is 12.7 Å². The summed E-state index contributed by atoms with van der Waals surface area (Å²) in [7, 11) is -3.03. The monoisotopic (exact) mass is 389 g/mol. The molecule has 0 radical (unpaired) electrons. The van der Waals surface area contributed by atoms with Crippen LogP contribution in [0.1, 0.15) is 27.2 Å². The minimum Gasteiger partial charge on any atom is -0.379 e. The van der Waals surface area contributed by atoms with Crippen molar-refractivity contribution in [2.75, 3.05) is 64.8 Å². The first kappa shape index (κ1) is 21.4. The van der Waals surface area contributed by atoms with Crippen molar-refractivity contribution >= 4 is 16.0 Å². The van der Waals surface area contributed by atoms with E-state index >= 15 is 0 Å². The van der Waals surface area contributed by atoms with Crippen molar-refractivity contribution in [1.29, 1.82) is 0 Å². The fraction of sp³-hybridized carbons (Fsp3) is 0.941. The summed E-state index contributed by atoms with van der Waals surface area (Å²) in [5, 5.41) is 6.53. The fourth-order valence-electron chi connectivity index (χ4n) is 3.42. The van der Waals surface area contributed by atoms with Gasteiger partial charge >= 0.3 is 0 Å². The molecule has 8 nitrogen and oxygen atoms in total. The van der Waals surface area contributed by atoms with Gasteiger partial charge in [0.15, 0.2) is 5.96 Å². The molecule has 2 aliphatic heterocycles. The van der Waals surface area contributed by atoms with E-state index in [1.807, 2.05) is 6.92 Å². The highest BCUT2D eigenvalue weighted by molar-refractivity contribution is 7.89. The lowest BCUT2D eigenvalue weighted by Crippen LogP contribution is -2.48. The molecular weight excluding hydrogens is 354 g/mol. The lowest BCUT2D eigenvalue weighted by atomic mass is 10.0. The highest BCUT2D eigenvalue weighted by Crippen LogP contribution is 2.14. The number of nitrogens with one attached hydrogen (secondary N) is 2. The van der Waals surface area contributed by atoms with Gasteiger partial charge in [-0.1, -0.05) is 13.8 Å². The summed E-state index contributed by atoms with van der Waals surface area (Å²) >= 11 is 0. The minimum absolute atomic E-state index is 0.275. The van der Waals surface area contributed by atoms with Crippen molar-refractivity contribution in [3.8, 4) is 0 Å². The van der Waals surface area contributed by atoms with Crippen LogP contribution in [0.25, 0.3) is 0 Å². The van der Waals surface area contributed by atoms with E-state index in [1.54, 1.807) is 4.31 Å². The molecule has 0 aliphatic carbocycles. The molecule has 0 aromatic heterocycles. The summed E-state index contributed by atoms with van der Waals surface area (Å²) in [6, 6.07) is 0.383. The Bertz CT molecular complexity index is 547. The number of guanidine groups is 1. The molecule has 152 valence electrons. The largest absolute Gasteiger partial charge is 0.379 e. The van der Waals surface area contributed by atoms with Crippen molar-refractivity contribution in [2.24, 2.45) is 10.9 Å². The van der Waals surface area contributed by atoms with Gasteiger partial charge in [0, 0.05) is 45.3 Å². The summed E-state index contributed by atoms with van der Waals surface area (Å²) in [6.07, 6.45) is 0.728. The number of nitrogens with zero attached hydrogens (tertiary/aromatic N) is 3. The minimum atomic E-state index is -3.03. The molecule has 2 rings (SSSR count). The van der Waals surface area contributed by atoms with Crippen LogP contribution >= 0.6 is 0 Å². The van der Waals surface area contributed by atoms with Gasteiger partial charge in [-0.3, -0.25) is 9.89 Å². The fourth-order valence-corrected chi connectivity index (χ4v) is 4.95. The number of aliphatic imine (C=N–C) groups is 1. The molecule has 9 heteroatoms. The molecule has 1 unspecified atom stereocenters. The van der Waals surface area contributed by atoms with Gasteiger partial charge in [0.1, 0.15) is 0 Å². The number of rotatable bonds is 8. The third-order valence-corrected chi connectivity index (χ3v) is 6.88. The second kappa shape index (κ2) is 10.4. The Balaban J connectivity index is 1.87. The van der Waals surface area contributed by atoms with Crippen LogP contribution in [0.4, 0.5) is 0 Å². The molecule has 2 fully saturated rings. The van der Waals surface area contributed by atoms with E-state index in [0.717, 1.165) is 51.8 Å². The quantitative estimate of drug-likeness (QED) is 0.447. The highest BCUT2D eigenvalue weighted by atomic mass is 32.2. The first-order valence-electron chi connectivity index (χ1n) is 9.76. The zero-order valence-electron chi connectivity index (χ0n) is 16.4. The normalized spacial score (nSPS) is 23.3. The van der Waals surface area contributed by atoms with E-state index < -0.39 is 10.0 Å². The first-order valence-corrected chi connectivity index (χ1v) is 11.4. The summed E-state index contributed by atoms with van der Waals surface area (Å²) in [5.41, 5.74) is 0. The molecule has 0 bridgehead atoms. The Morgan fingerprint density at radius 2 is 1.92 bits per heavy atom. The second-order valence-corrected chi connectivity index (χ2v) is 9.26. The maximum Gasteiger partial charge on any atom is 0.214 e. The zero-order chi connectivity index (χ0) is 19.0. The maximum absolute atomic E-state index is 11.9. The summed E-state index contributed by atoms with van der Waals surface area (Å²) < 4.78 is 30.7. The second-order valence-electron chi connectivity index (χ2n) is 7.17. The summed E-state index contributed by atoms with van der Waals surface area (Å²) in [4.78, 5) is 7.21. The van der Waals surface area contributed by atoms with Crippen LogP contribution in [0, 0.1) is 5.92 Å². The summed E-state index contributed by atoms with van der Waals surface area (Å²) in [5.74, 6) is 1.54. The number of hydrogen-bond acceptors (Lipinski definition) is 5. The predicted octanol–water partition coefficient (Wildman–Crippen LogP) is -0.0662. The first-order chi connectivity index (χ1) is 12.4. The van der Waals surface area contributed by atoms with Crippen LogP contribution in [0.3, 0.4) is 0 Å². The van der Waals surface area contributed by atoms with E-state index in [2.05, 4.69) is 29.4 Å². The Morgan fingerprint density at radius 3 is 2.50 bits per heavy atom. The molecule has 2 aliphatic rings. The van der Waals surface area contributed by atoms with Crippen molar-refractivity contribution < 1.29 is 13.2 Å². The van der Waals surface area contributed by atoms with Gasteiger partial charge in [-0.15, -0.1) is 0 Å².